The largest absolute Gasteiger partial charge is 0.477 e. The standard InChI is InChI=1S/C16H12N6O6S4/c23-4-17-15-19-7(3-30-15)10(24)11(25)20-8-12(26)22-9(14(27)28)6(1-29-13(8)22)2-31-16-21-18-5-32-16/h3-5,8,13H,1-2H2,(H,20,25)(H,27,28)(H,17,19,23)/t8?,13-/m1/s1. The summed E-state index contributed by atoms with van der Waals surface area (Å²) in [5.41, 5.74) is 1.85. The van der Waals surface area contributed by atoms with Gasteiger partial charge in [-0.3, -0.25) is 24.1 Å². The molecule has 0 aliphatic carbocycles. The zero-order valence-corrected chi connectivity index (χ0v) is 19.0. The summed E-state index contributed by atoms with van der Waals surface area (Å²) in [5.74, 6) is -3.18. The number of carbonyl (C=O) groups is 5. The molecule has 2 aliphatic heterocycles. The molecule has 0 spiro atoms. The quantitative estimate of drug-likeness (QED) is 0.138. The van der Waals surface area contributed by atoms with Gasteiger partial charge >= 0.3 is 5.97 Å². The van der Waals surface area contributed by atoms with Crippen LogP contribution in [0, 0.1) is 0 Å². The summed E-state index contributed by atoms with van der Waals surface area (Å²) in [6.45, 7) is 0. The summed E-state index contributed by atoms with van der Waals surface area (Å²) < 4.78 is 0.682. The van der Waals surface area contributed by atoms with E-state index in [2.05, 4.69) is 25.8 Å². The van der Waals surface area contributed by atoms with Gasteiger partial charge in [0.2, 0.25) is 6.41 Å². The number of Topliss-reactive ketones (excluding diaryl/α,β-unsaturated/α-hetero) is 1. The average Bonchev–Trinajstić information content (AvgIpc) is 3.47. The zero-order chi connectivity index (χ0) is 22.8. The molecule has 3 N–H and O–H groups in total. The number of carboxylic acids is 1. The van der Waals surface area contributed by atoms with Gasteiger partial charge in [0.05, 0.1) is 0 Å². The van der Waals surface area contributed by atoms with E-state index >= 15 is 0 Å². The van der Waals surface area contributed by atoms with Crippen molar-refractivity contribution in [1.82, 2.24) is 25.4 Å². The fourth-order valence-electron chi connectivity index (χ4n) is 2.99. The molecule has 0 aromatic carbocycles. The molecule has 4 heterocycles. The number of aliphatic carboxylic acids is 1. The number of hydrogen-bond acceptors (Lipinski definition) is 12. The van der Waals surface area contributed by atoms with Crippen molar-refractivity contribution in [2.75, 3.05) is 16.8 Å². The van der Waals surface area contributed by atoms with E-state index in [-0.39, 0.29) is 16.5 Å². The van der Waals surface area contributed by atoms with Crippen LogP contribution in [0.15, 0.2) is 26.5 Å². The first-order valence-electron chi connectivity index (χ1n) is 8.70. The Bertz CT molecular complexity index is 1130. The summed E-state index contributed by atoms with van der Waals surface area (Å²) in [4.78, 5) is 64.6. The monoisotopic (exact) mass is 512 g/mol. The van der Waals surface area contributed by atoms with Gasteiger partial charge in [0, 0.05) is 16.9 Å². The number of anilines is 1. The van der Waals surface area contributed by atoms with Crippen molar-refractivity contribution in [3.05, 3.63) is 27.9 Å². The molecule has 12 nitrogen and oxygen atoms in total. The molecule has 2 aliphatic rings. The molecule has 2 aromatic rings. The fraction of sp³-hybridized carbons (Fsp3) is 0.250. The highest BCUT2D eigenvalue weighted by atomic mass is 32.2. The second kappa shape index (κ2) is 9.35. The van der Waals surface area contributed by atoms with Crippen LogP contribution in [-0.4, -0.2) is 78.1 Å². The molecule has 4 rings (SSSR count). The third-order valence-corrected chi connectivity index (χ3v) is 8.43. The number of β-lactam (4-membered cyclic amide) rings is 1. The van der Waals surface area contributed by atoms with E-state index in [9.17, 15) is 29.1 Å². The minimum atomic E-state index is -1.24. The molecule has 1 saturated heterocycles. The normalized spacial score (nSPS) is 19.8. The number of rotatable bonds is 9. The van der Waals surface area contributed by atoms with E-state index in [1.807, 2.05) is 0 Å². The second-order valence-corrected chi connectivity index (χ2v) is 10.3. The maximum Gasteiger partial charge on any atom is 0.352 e. The van der Waals surface area contributed by atoms with Gasteiger partial charge in [0.15, 0.2) is 9.47 Å². The molecular weight excluding hydrogens is 500 g/mol. The van der Waals surface area contributed by atoms with E-state index in [0.29, 0.717) is 27.8 Å². The van der Waals surface area contributed by atoms with Crippen molar-refractivity contribution < 1.29 is 29.1 Å². The molecular formula is C16H12N6O6S4. The molecule has 0 radical (unpaired) electrons. The Balaban J connectivity index is 1.44. The van der Waals surface area contributed by atoms with Crippen LogP contribution in [0.1, 0.15) is 10.5 Å². The Morgan fingerprint density at radius 1 is 1.34 bits per heavy atom. The molecule has 0 saturated carbocycles. The fourth-order valence-corrected chi connectivity index (χ4v) is 6.61. The summed E-state index contributed by atoms with van der Waals surface area (Å²) in [7, 11) is 0. The molecule has 166 valence electrons. The van der Waals surface area contributed by atoms with Crippen LogP contribution in [0.5, 0.6) is 0 Å². The van der Waals surface area contributed by atoms with Crippen molar-refractivity contribution >= 4 is 81.3 Å². The molecule has 2 aromatic heterocycles. The Morgan fingerprint density at radius 3 is 2.84 bits per heavy atom. The number of amides is 3. The summed E-state index contributed by atoms with van der Waals surface area (Å²) in [6.07, 6.45) is 0.392. The Labute approximate surface area is 195 Å². The summed E-state index contributed by atoms with van der Waals surface area (Å²) in [6, 6.07) is -1.03. The maximum absolute atomic E-state index is 12.7. The Kier molecular flexibility index (Phi) is 6.54. The van der Waals surface area contributed by atoms with Crippen molar-refractivity contribution in [2.24, 2.45) is 0 Å². The van der Waals surface area contributed by atoms with Crippen LogP contribution in [0.3, 0.4) is 0 Å². The number of hydrogen-bond donors (Lipinski definition) is 3. The highest BCUT2D eigenvalue weighted by molar-refractivity contribution is 8.01. The van der Waals surface area contributed by atoms with Gasteiger partial charge in [-0.15, -0.1) is 33.3 Å². The number of nitrogens with zero attached hydrogens (tertiary/aromatic N) is 4. The highest BCUT2D eigenvalue weighted by Gasteiger charge is 2.54. The summed E-state index contributed by atoms with van der Waals surface area (Å²) >= 11 is 4.93. The lowest BCUT2D eigenvalue weighted by molar-refractivity contribution is -0.150. The highest BCUT2D eigenvalue weighted by Crippen LogP contribution is 2.41. The molecule has 1 unspecified atom stereocenters. The van der Waals surface area contributed by atoms with Crippen LogP contribution < -0.4 is 10.6 Å². The number of thioether (sulfide) groups is 2. The van der Waals surface area contributed by atoms with E-state index < -0.39 is 35.0 Å². The van der Waals surface area contributed by atoms with Crippen molar-refractivity contribution in [1.29, 1.82) is 0 Å². The lowest BCUT2D eigenvalue weighted by atomic mass is 10.0. The number of thiazole rings is 1. The molecule has 1 fully saturated rings. The molecule has 0 bridgehead atoms. The first-order valence-corrected chi connectivity index (χ1v) is 12.5. The van der Waals surface area contributed by atoms with Gasteiger partial charge in [-0.1, -0.05) is 23.1 Å². The van der Waals surface area contributed by atoms with E-state index in [1.54, 1.807) is 5.51 Å². The number of carbonyl (C=O) groups excluding carboxylic acids is 4. The third kappa shape index (κ3) is 4.25. The zero-order valence-electron chi connectivity index (χ0n) is 15.7. The second-order valence-electron chi connectivity index (χ2n) is 6.24. The molecule has 16 heteroatoms. The predicted octanol–water partition coefficient (Wildman–Crippen LogP) is 0.277. The van der Waals surface area contributed by atoms with Gasteiger partial charge < -0.3 is 15.7 Å². The van der Waals surface area contributed by atoms with Crippen LogP contribution in [0.4, 0.5) is 5.13 Å². The van der Waals surface area contributed by atoms with Crippen molar-refractivity contribution in [2.45, 2.75) is 15.8 Å². The minimum Gasteiger partial charge on any atom is -0.477 e. The van der Waals surface area contributed by atoms with Crippen LogP contribution in [-0.2, 0) is 19.2 Å². The van der Waals surface area contributed by atoms with E-state index in [4.69, 9.17) is 0 Å². The molecule has 32 heavy (non-hydrogen) atoms. The SMILES string of the molecule is O=CNc1nc(C(=O)C(=O)NC2C(=O)N3C(C(=O)O)=C(CSc4nncs4)CS[C@H]23)cs1. The number of ketones is 1. The Hall–Kier alpha value is -2.82. The topological polar surface area (TPSA) is 172 Å². The minimum absolute atomic E-state index is 0.114. The van der Waals surface area contributed by atoms with E-state index in [1.165, 1.54) is 40.2 Å². The lowest BCUT2D eigenvalue weighted by Crippen LogP contribution is -2.71. The Morgan fingerprint density at radius 2 is 2.16 bits per heavy atom. The van der Waals surface area contributed by atoms with Crippen LogP contribution in [0.2, 0.25) is 0 Å². The third-order valence-electron chi connectivity index (χ3n) is 4.37. The first kappa shape index (κ1) is 22.4. The predicted molar refractivity (Wildman–Crippen MR) is 116 cm³/mol. The van der Waals surface area contributed by atoms with E-state index in [0.717, 1.165) is 16.2 Å². The molecule has 2 atom stereocenters. The first-order chi connectivity index (χ1) is 15.4. The van der Waals surface area contributed by atoms with Crippen LogP contribution in [0.25, 0.3) is 0 Å². The lowest BCUT2D eigenvalue weighted by Gasteiger charge is -2.49. The van der Waals surface area contributed by atoms with Gasteiger partial charge in [0.25, 0.3) is 17.6 Å². The number of fused-ring (bicyclic) bond motifs is 1. The number of nitrogens with one attached hydrogen (secondary N) is 2. The van der Waals surface area contributed by atoms with Gasteiger partial charge in [0.1, 0.15) is 28.3 Å². The van der Waals surface area contributed by atoms with Gasteiger partial charge in [-0.2, -0.15) is 0 Å². The van der Waals surface area contributed by atoms with Gasteiger partial charge in [-0.25, -0.2) is 9.78 Å². The van der Waals surface area contributed by atoms with Gasteiger partial charge in [-0.05, 0) is 5.57 Å². The maximum atomic E-state index is 12.7. The average molecular weight is 513 g/mol. The summed E-state index contributed by atoms with van der Waals surface area (Å²) in [5, 5.41) is 22.8. The smallest absolute Gasteiger partial charge is 0.352 e. The molecule has 3 amide bonds. The number of carboxylic acid groups (broad SMARTS) is 1. The van der Waals surface area contributed by atoms with Crippen LogP contribution >= 0.6 is 46.2 Å². The van der Waals surface area contributed by atoms with Crippen molar-refractivity contribution in [3.63, 3.8) is 0 Å². The number of aromatic nitrogens is 3. The van der Waals surface area contributed by atoms with Crippen molar-refractivity contribution in [3.8, 4) is 0 Å².